The summed E-state index contributed by atoms with van der Waals surface area (Å²) in [5, 5.41) is 2.86. The normalized spacial score (nSPS) is 13.6. The van der Waals surface area contributed by atoms with Gasteiger partial charge < -0.3 is 24.4 Å². The predicted octanol–water partition coefficient (Wildman–Crippen LogP) is 4.28. The minimum Gasteiger partial charge on any atom is -0.490 e. The van der Waals surface area contributed by atoms with Crippen LogP contribution in [0.25, 0.3) is 0 Å². The van der Waals surface area contributed by atoms with E-state index in [4.69, 9.17) is 26.4 Å². The van der Waals surface area contributed by atoms with Crippen molar-refractivity contribution in [3.63, 3.8) is 0 Å². The van der Waals surface area contributed by atoms with E-state index < -0.39 is 0 Å². The SMILES string of the molecule is CCOc1cc(C(=S)N2CCOCC2)cc(I)c1OCC(=O)Nc1ccc(CC)cc1. The number of rotatable bonds is 8. The third-order valence-electron chi connectivity index (χ3n) is 4.85. The Hall–Kier alpha value is -1.91. The quantitative estimate of drug-likeness (QED) is 0.389. The van der Waals surface area contributed by atoms with E-state index in [1.54, 1.807) is 0 Å². The monoisotopic (exact) mass is 554 g/mol. The Bertz CT molecular complexity index is 915. The van der Waals surface area contributed by atoms with Gasteiger partial charge in [0.2, 0.25) is 0 Å². The van der Waals surface area contributed by atoms with Crippen molar-refractivity contribution in [2.45, 2.75) is 20.3 Å². The number of morpholine rings is 1. The lowest BCUT2D eigenvalue weighted by Gasteiger charge is -2.29. The zero-order valence-corrected chi connectivity index (χ0v) is 20.8. The molecule has 6 nitrogen and oxygen atoms in total. The number of carbonyl (C=O) groups excluding carboxylic acids is 1. The Morgan fingerprint density at radius 3 is 2.52 bits per heavy atom. The number of halogens is 1. The molecule has 1 heterocycles. The summed E-state index contributed by atoms with van der Waals surface area (Å²) in [6.45, 7) is 7.28. The highest BCUT2D eigenvalue weighted by atomic mass is 127. The Labute approximate surface area is 202 Å². The van der Waals surface area contributed by atoms with Gasteiger partial charge in [-0.25, -0.2) is 0 Å². The van der Waals surface area contributed by atoms with Crippen LogP contribution in [0.15, 0.2) is 36.4 Å². The van der Waals surface area contributed by atoms with E-state index in [2.05, 4.69) is 39.7 Å². The van der Waals surface area contributed by atoms with Crippen LogP contribution >= 0.6 is 34.8 Å². The fourth-order valence-corrected chi connectivity index (χ4v) is 4.26. The molecule has 0 spiro atoms. The molecule has 31 heavy (non-hydrogen) atoms. The molecule has 166 valence electrons. The van der Waals surface area contributed by atoms with E-state index in [1.165, 1.54) is 5.56 Å². The van der Waals surface area contributed by atoms with Crippen LogP contribution in [0, 0.1) is 3.57 Å². The summed E-state index contributed by atoms with van der Waals surface area (Å²) >= 11 is 7.88. The highest BCUT2D eigenvalue weighted by Gasteiger charge is 2.20. The van der Waals surface area contributed by atoms with Gasteiger partial charge in [-0.3, -0.25) is 4.79 Å². The molecule has 0 radical (unpaired) electrons. The first kappa shape index (κ1) is 23.7. The minimum absolute atomic E-state index is 0.112. The summed E-state index contributed by atoms with van der Waals surface area (Å²) in [5.41, 5.74) is 2.87. The van der Waals surface area contributed by atoms with Crippen LogP contribution in [-0.4, -0.2) is 55.3 Å². The lowest BCUT2D eigenvalue weighted by Crippen LogP contribution is -2.40. The van der Waals surface area contributed by atoms with Crippen molar-refractivity contribution in [2.24, 2.45) is 0 Å². The minimum atomic E-state index is -0.226. The van der Waals surface area contributed by atoms with Crippen LogP contribution in [0.5, 0.6) is 11.5 Å². The second-order valence-electron chi connectivity index (χ2n) is 7.01. The van der Waals surface area contributed by atoms with E-state index in [0.717, 1.165) is 39.3 Å². The highest BCUT2D eigenvalue weighted by Crippen LogP contribution is 2.35. The smallest absolute Gasteiger partial charge is 0.262 e. The van der Waals surface area contributed by atoms with Crippen LogP contribution in [0.1, 0.15) is 25.0 Å². The van der Waals surface area contributed by atoms with Gasteiger partial charge >= 0.3 is 0 Å². The van der Waals surface area contributed by atoms with Crippen molar-refractivity contribution in [3.8, 4) is 11.5 Å². The lowest BCUT2D eigenvalue weighted by atomic mass is 10.1. The van der Waals surface area contributed by atoms with Crippen LogP contribution in [0.3, 0.4) is 0 Å². The number of hydrogen-bond acceptors (Lipinski definition) is 5. The lowest BCUT2D eigenvalue weighted by molar-refractivity contribution is -0.118. The molecule has 0 unspecified atom stereocenters. The Balaban J connectivity index is 1.69. The molecule has 1 saturated heterocycles. The highest BCUT2D eigenvalue weighted by molar-refractivity contribution is 14.1. The largest absolute Gasteiger partial charge is 0.490 e. The molecule has 0 aliphatic carbocycles. The second kappa shape index (κ2) is 11.6. The first-order valence-electron chi connectivity index (χ1n) is 10.4. The summed E-state index contributed by atoms with van der Waals surface area (Å²) in [6.07, 6.45) is 0.959. The van der Waals surface area contributed by atoms with Gasteiger partial charge in [-0.15, -0.1) is 0 Å². The first-order chi connectivity index (χ1) is 15.0. The molecule has 2 aromatic rings. The van der Waals surface area contributed by atoms with Crippen molar-refractivity contribution in [2.75, 3.05) is 44.8 Å². The Morgan fingerprint density at radius 1 is 1.16 bits per heavy atom. The van der Waals surface area contributed by atoms with Crippen molar-refractivity contribution in [3.05, 3.63) is 51.1 Å². The number of carbonyl (C=O) groups is 1. The van der Waals surface area contributed by atoms with Crippen LogP contribution in [0.2, 0.25) is 0 Å². The predicted molar refractivity (Wildman–Crippen MR) is 134 cm³/mol. The molecule has 0 bridgehead atoms. The number of thiocarbonyl (C=S) groups is 1. The Kier molecular flexibility index (Phi) is 8.91. The van der Waals surface area contributed by atoms with Crippen molar-refractivity contribution in [1.82, 2.24) is 4.90 Å². The van der Waals surface area contributed by atoms with Gasteiger partial charge in [0.05, 0.1) is 23.4 Å². The maximum atomic E-state index is 12.4. The summed E-state index contributed by atoms with van der Waals surface area (Å²) in [5.74, 6) is 0.906. The first-order valence-corrected chi connectivity index (χ1v) is 11.9. The van der Waals surface area contributed by atoms with E-state index in [0.29, 0.717) is 31.3 Å². The molecule has 1 N–H and O–H groups in total. The third-order valence-corrected chi connectivity index (χ3v) is 6.14. The number of nitrogens with zero attached hydrogens (tertiary/aromatic N) is 1. The molecule has 8 heteroatoms. The summed E-state index contributed by atoms with van der Waals surface area (Å²) < 4.78 is 17.9. The molecule has 3 rings (SSSR count). The van der Waals surface area contributed by atoms with Gasteiger partial charge in [0.15, 0.2) is 18.1 Å². The number of benzene rings is 2. The molecular formula is C23H27IN2O4S. The van der Waals surface area contributed by atoms with Crippen LogP contribution in [0.4, 0.5) is 5.69 Å². The number of nitrogens with one attached hydrogen (secondary N) is 1. The molecule has 2 aromatic carbocycles. The van der Waals surface area contributed by atoms with Gasteiger partial charge in [0, 0.05) is 24.3 Å². The molecule has 1 amide bonds. The van der Waals surface area contributed by atoms with Gasteiger partial charge in [0.1, 0.15) is 4.99 Å². The molecule has 0 aromatic heterocycles. The number of ether oxygens (including phenoxy) is 3. The molecule has 1 aliphatic rings. The standard InChI is InChI=1S/C23H27IN2O4S/c1-3-16-5-7-18(8-6-16)25-21(27)15-30-22-19(24)13-17(14-20(22)29-4-2)23(31)26-9-11-28-12-10-26/h5-8,13-14H,3-4,9-12,15H2,1-2H3,(H,25,27). The number of anilines is 1. The average Bonchev–Trinajstić information content (AvgIpc) is 2.79. The summed E-state index contributed by atoms with van der Waals surface area (Å²) in [6, 6.07) is 11.7. The maximum Gasteiger partial charge on any atom is 0.262 e. The van der Waals surface area contributed by atoms with Crippen molar-refractivity contribution in [1.29, 1.82) is 0 Å². The van der Waals surface area contributed by atoms with Crippen LogP contribution in [-0.2, 0) is 16.0 Å². The molecule has 0 saturated carbocycles. The average molecular weight is 554 g/mol. The van der Waals surface area contributed by atoms with Crippen molar-refractivity contribution >= 4 is 51.4 Å². The second-order valence-corrected chi connectivity index (χ2v) is 8.56. The molecule has 1 aliphatic heterocycles. The topological polar surface area (TPSA) is 60.0 Å². The van der Waals surface area contributed by atoms with E-state index >= 15 is 0 Å². The van der Waals surface area contributed by atoms with Gasteiger partial charge in [0.25, 0.3) is 5.91 Å². The molecule has 1 fully saturated rings. The van der Waals surface area contributed by atoms with Crippen molar-refractivity contribution < 1.29 is 19.0 Å². The number of hydrogen-bond donors (Lipinski definition) is 1. The summed E-state index contributed by atoms with van der Waals surface area (Å²) in [7, 11) is 0. The Morgan fingerprint density at radius 2 is 1.87 bits per heavy atom. The van der Waals surface area contributed by atoms with Gasteiger partial charge in [-0.05, 0) is 65.8 Å². The summed E-state index contributed by atoms with van der Waals surface area (Å²) in [4.78, 5) is 15.3. The number of aryl methyl sites for hydroxylation is 1. The fraction of sp³-hybridized carbons (Fsp3) is 0.391. The van der Waals surface area contributed by atoms with Crippen LogP contribution < -0.4 is 14.8 Å². The van der Waals surface area contributed by atoms with E-state index in [9.17, 15) is 4.79 Å². The van der Waals surface area contributed by atoms with Gasteiger partial charge in [-0.1, -0.05) is 31.3 Å². The van der Waals surface area contributed by atoms with E-state index in [-0.39, 0.29) is 12.5 Å². The molecule has 0 atom stereocenters. The van der Waals surface area contributed by atoms with E-state index in [1.807, 2.05) is 43.3 Å². The third kappa shape index (κ3) is 6.54. The zero-order chi connectivity index (χ0) is 22.2. The maximum absolute atomic E-state index is 12.4. The fourth-order valence-electron chi connectivity index (χ4n) is 3.20. The number of amides is 1. The van der Waals surface area contributed by atoms with Gasteiger partial charge in [-0.2, -0.15) is 0 Å². The molecular weight excluding hydrogens is 527 g/mol. The zero-order valence-electron chi connectivity index (χ0n) is 17.8.